The van der Waals surface area contributed by atoms with Gasteiger partial charge in [-0.1, -0.05) is 38.1 Å². The number of nitrogens with zero attached hydrogens (tertiary/aromatic N) is 2. The Kier molecular flexibility index (Phi) is 9.30. The lowest BCUT2D eigenvalue weighted by atomic mass is 9.75. The minimum atomic E-state index is -0.863. The van der Waals surface area contributed by atoms with E-state index in [1.54, 1.807) is 24.3 Å². The molecular formula is C38H41F2N5O4. The fourth-order valence-electron chi connectivity index (χ4n) is 6.61. The molecule has 0 saturated carbocycles. The number of ether oxygens (including phenoxy) is 2. The van der Waals surface area contributed by atoms with Crippen LogP contribution in [0.15, 0.2) is 67.0 Å². The zero-order valence-corrected chi connectivity index (χ0v) is 28.1. The van der Waals surface area contributed by atoms with E-state index in [0.717, 1.165) is 22.2 Å². The molecule has 0 radical (unpaired) electrons. The van der Waals surface area contributed by atoms with Crippen molar-refractivity contribution in [2.24, 2.45) is 5.41 Å². The summed E-state index contributed by atoms with van der Waals surface area (Å²) < 4.78 is 43.6. The van der Waals surface area contributed by atoms with E-state index in [1.165, 1.54) is 24.3 Å². The fourth-order valence-corrected chi connectivity index (χ4v) is 6.61. The summed E-state index contributed by atoms with van der Waals surface area (Å²) in [6.45, 7) is 6.88. The summed E-state index contributed by atoms with van der Waals surface area (Å²) in [4.78, 5) is 24.1. The van der Waals surface area contributed by atoms with Gasteiger partial charge >= 0.3 is 5.97 Å². The van der Waals surface area contributed by atoms with Gasteiger partial charge in [0.1, 0.15) is 23.2 Å². The van der Waals surface area contributed by atoms with Gasteiger partial charge in [0.05, 0.1) is 12.2 Å². The zero-order chi connectivity index (χ0) is 34.9. The van der Waals surface area contributed by atoms with E-state index in [2.05, 4.69) is 21.9 Å². The van der Waals surface area contributed by atoms with Crippen LogP contribution in [-0.4, -0.2) is 57.0 Å². The predicted octanol–water partition coefficient (Wildman–Crippen LogP) is 8.20. The van der Waals surface area contributed by atoms with Crippen LogP contribution in [0, 0.1) is 22.5 Å². The Morgan fingerprint density at radius 1 is 1.10 bits per heavy atom. The summed E-state index contributed by atoms with van der Waals surface area (Å²) in [5.74, 6) is -1.15. The Morgan fingerprint density at radius 3 is 2.71 bits per heavy atom. The number of carbonyl (C=O) groups is 1. The van der Waals surface area contributed by atoms with Crippen LogP contribution in [0.3, 0.4) is 0 Å². The van der Waals surface area contributed by atoms with Gasteiger partial charge in [0.25, 0.3) is 0 Å². The maximum Gasteiger partial charge on any atom is 0.303 e. The highest BCUT2D eigenvalue weighted by molar-refractivity contribution is 5.88. The average molecular weight is 670 g/mol. The summed E-state index contributed by atoms with van der Waals surface area (Å²) in [6.07, 6.45) is 5.14. The molecule has 4 bridgehead atoms. The number of hydrogen-bond acceptors (Lipinski definition) is 5. The number of aromatic amines is 2. The third-order valence-corrected chi connectivity index (χ3v) is 9.49. The van der Waals surface area contributed by atoms with Gasteiger partial charge in [-0.25, -0.2) is 13.8 Å². The molecule has 11 heteroatoms. The molecule has 1 aliphatic heterocycles. The molecule has 256 valence electrons. The van der Waals surface area contributed by atoms with Crippen molar-refractivity contribution in [1.82, 2.24) is 19.9 Å². The summed E-state index contributed by atoms with van der Waals surface area (Å²) in [5.41, 5.74) is 2.63. The first-order valence-corrected chi connectivity index (χ1v) is 16.4. The van der Waals surface area contributed by atoms with Crippen LogP contribution in [0.2, 0.25) is 0 Å². The number of amidine groups is 1. The number of rotatable bonds is 4. The van der Waals surface area contributed by atoms with E-state index in [1.807, 2.05) is 44.2 Å². The molecule has 0 spiro atoms. The predicted molar refractivity (Wildman–Crippen MR) is 184 cm³/mol. The molecule has 1 atom stereocenters. The maximum atomic E-state index is 15.8. The third-order valence-electron chi connectivity index (χ3n) is 9.49. The van der Waals surface area contributed by atoms with Crippen LogP contribution in [0.4, 0.5) is 8.78 Å². The van der Waals surface area contributed by atoms with Gasteiger partial charge in [0.15, 0.2) is 11.6 Å². The smallest absolute Gasteiger partial charge is 0.303 e. The first kappa shape index (κ1) is 33.9. The Bertz CT molecular complexity index is 2020. The van der Waals surface area contributed by atoms with Gasteiger partial charge in [0, 0.05) is 78.1 Å². The number of carboxylic acid groups (broad SMARTS) is 1. The lowest BCUT2D eigenvalue weighted by molar-refractivity contribution is -0.136. The maximum absolute atomic E-state index is 15.8. The lowest BCUT2D eigenvalue weighted by Gasteiger charge is -2.33. The number of imidazole rings is 1. The number of hydrogen-bond donors (Lipinski definition) is 4. The van der Waals surface area contributed by atoms with E-state index in [4.69, 9.17) is 14.9 Å². The van der Waals surface area contributed by atoms with Crippen molar-refractivity contribution in [3.8, 4) is 22.9 Å². The van der Waals surface area contributed by atoms with Crippen LogP contribution < -0.4 is 4.74 Å². The Hall–Kier alpha value is -5.03. The number of carboxylic acids is 1. The SMILES string of the molecule is CN1Cc2c(c(F)cc3[nH]ccc23)Oc2ccc(F)c(c2)-c2ncc([nH]2)C(C)(c2cccc(CCC(=O)O)c2)CCCOCC(C)(C)C1=N. The van der Waals surface area contributed by atoms with E-state index in [-0.39, 0.29) is 35.9 Å². The van der Waals surface area contributed by atoms with Gasteiger partial charge in [-0.3, -0.25) is 10.2 Å². The van der Waals surface area contributed by atoms with Crippen LogP contribution in [0.5, 0.6) is 11.5 Å². The molecule has 2 aromatic heterocycles. The third kappa shape index (κ3) is 6.94. The molecule has 1 unspecified atom stereocenters. The Labute approximate surface area is 283 Å². The standard InChI is InChI=1S/C38H41F2N5O4/c1-37(2)22-48-16-6-14-38(3,24-8-5-7-23(17-24)9-12-33(46)47)32-20-43-35(44-32)27-18-25(10-11-29(27)39)49-34-28(21-45(4)36(37)41)26-13-15-42-31(26)19-30(34)40/h5,7-8,10-11,13,15,17-20,41-42H,6,9,12,14,16,21-22H2,1-4H3,(H,43,44)(H,46,47). The summed E-state index contributed by atoms with van der Waals surface area (Å²) >= 11 is 0. The molecule has 9 nitrogen and oxygen atoms in total. The second kappa shape index (κ2) is 13.5. The topological polar surface area (TPSA) is 127 Å². The van der Waals surface area contributed by atoms with Crippen molar-refractivity contribution < 1.29 is 28.2 Å². The normalized spacial score (nSPS) is 18.7. The van der Waals surface area contributed by atoms with Crippen LogP contribution in [0.25, 0.3) is 22.3 Å². The van der Waals surface area contributed by atoms with Crippen molar-refractivity contribution in [3.63, 3.8) is 0 Å². The zero-order valence-electron chi connectivity index (χ0n) is 28.1. The second-order valence-corrected chi connectivity index (χ2v) is 13.7. The molecule has 0 fully saturated rings. The van der Waals surface area contributed by atoms with Crippen LogP contribution >= 0.6 is 0 Å². The molecule has 0 amide bonds. The highest BCUT2D eigenvalue weighted by atomic mass is 19.1. The average Bonchev–Trinajstić information content (AvgIpc) is 3.76. The van der Waals surface area contributed by atoms with Crippen molar-refractivity contribution in [3.05, 3.63) is 101 Å². The van der Waals surface area contributed by atoms with Crippen molar-refractivity contribution in [1.29, 1.82) is 5.41 Å². The van der Waals surface area contributed by atoms with Crippen LogP contribution in [-0.2, 0) is 27.9 Å². The van der Waals surface area contributed by atoms with Gasteiger partial charge < -0.3 is 29.4 Å². The largest absolute Gasteiger partial charge is 0.481 e. The molecule has 1 aliphatic rings. The quantitative estimate of drug-likeness (QED) is 0.153. The van der Waals surface area contributed by atoms with Gasteiger partial charge in [-0.05, 0) is 61.6 Å². The van der Waals surface area contributed by atoms with E-state index < -0.39 is 28.4 Å². The monoisotopic (exact) mass is 669 g/mol. The molecule has 5 aromatic rings. The van der Waals surface area contributed by atoms with Gasteiger partial charge in [-0.2, -0.15) is 0 Å². The number of aromatic nitrogens is 3. The summed E-state index contributed by atoms with van der Waals surface area (Å²) in [5, 5.41) is 19.1. The van der Waals surface area contributed by atoms with Gasteiger partial charge in [-0.15, -0.1) is 0 Å². The Morgan fingerprint density at radius 2 is 1.92 bits per heavy atom. The lowest BCUT2D eigenvalue weighted by Crippen LogP contribution is -2.40. The second-order valence-electron chi connectivity index (χ2n) is 13.7. The number of nitrogens with one attached hydrogen (secondary N) is 3. The van der Waals surface area contributed by atoms with Crippen molar-refractivity contribution in [2.45, 2.75) is 58.4 Å². The first-order chi connectivity index (χ1) is 23.4. The summed E-state index contributed by atoms with van der Waals surface area (Å²) in [7, 11) is 1.79. The van der Waals surface area contributed by atoms with Crippen molar-refractivity contribution >= 4 is 22.7 Å². The molecule has 0 aliphatic carbocycles. The molecular weight excluding hydrogens is 628 g/mol. The number of H-pyrrole nitrogens is 2. The Balaban J connectivity index is 1.45. The minimum absolute atomic E-state index is 0.00762. The number of fused-ring (bicyclic) bond motifs is 8. The van der Waals surface area contributed by atoms with Crippen molar-refractivity contribution in [2.75, 3.05) is 20.3 Å². The number of aliphatic carboxylic acids is 1. The van der Waals surface area contributed by atoms with Gasteiger partial charge in [0.2, 0.25) is 0 Å². The number of halogens is 2. The number of aryl methyl sites for hydroxylation is 1. The number of benzene rings is 3. The fraction of sp³-hybridized carbons (Fsp3) is 0.342. The van der Waals surface area contributed by atoms with E-state index in [0.29, 0.717) is 49.4 Å². The molecule has 49 heavy (non-hydrogen) atoms. The van der Waals surface area contributed by atoms with Crippen LogP contribution in [0.1, 0.15) is 62.4 Å². The highest BCUT2D eigenvalue weighted by Gasteiger charge is 2.33. The molecule has 3 heterocycles. The van der Waals surface area contributed by atoms with E-state index >= 15 is 8.78 Å². The molecule has 0 saturated heterocycles. The molecule has 3 aromatic carbocycles. The minimum Gasteiger partial charge on any atom is -0.481 e. The van der Waals surface area contributed by atoms with E-state index in [9.17, 15) is 9.90 Å². The molecule has 6 rings (SSSR count). The molecule has 4 N–H and O–H groups in total. The first-order valence-electron chi connectivity index (χ1n) is 16.4. The summed E-state index contributed by atoms with van der Waals surface area (Å²) in [6, 6.07) is 15.3. The highest BCUT2D eigenvalue weighted by Crippen LogP contribution is 2.40.